The van der Waals surface area contributed by atoms with Gasteiger partial charge in [0.2, 0.25) is 5.76 Å². The van der Waals surface area contributed by atoms with Gasteiger partial charge in [0.1, 0.15) is 5.76 Å². The first-order chi connectivity index (χ1) is 7.42. The predicted octanol–water partition coefficient (Wildman–Crippen LogP) is 2.33. The fraction of sp³-hybridized carbons (Fsp3) is 0.583. The summed E-state index contributed by atoms with van der Waals surface area (Å²) in [7, 11) is 0. The number of carbonyl (C=O) groups excluding carboxylic acids is 1. The van der Waals surface area contributed by atoms with Crippen molar-refractivity contribution in [2.45, 2.75) is 33.7 Å². The molecule has 0 fully saturated rings. The smallest absolute Gasteiger partial charge is 0.374 e. The summed E-state index contributed by atoms with van der Waals surface area (Å²) in [6, 6.07) is 3.27. The predicted molar refractivity (Wildman–Crippen MR) is 61.0 cm³/mol. The van der Waals surface area contributed by atoms with Gasteiger partial charge in [-0.05, 0) is 24.0 Å². The van der Waals surface area contributed by atoms with Crippen molar-refractivity contribution in [1.29, 1.82) is 0 Å². The summed E-state index contributed by atoms with van der Waals surface area (Å²) in [4.78, 5) is 11.5. The molecule has 0 unspecified atom stereocenters. The Morgan fingerprint density at radius 2 is 2.12 bits per heavy atom. The largest absolute Gasteiger partial charge is 0.460 e. The monoisotopic (exact) mass is 225 g/mol. The molecule has 16 heavy (non-hydrogen) atoms. The van der Waals surface area contributed by atoms with E-state index in [2.05, 4.69) is 20.8 Å². The van der Waals surface area contributed by atoms with E-state index in [0.717, 1.165) is 6.42 Å². The zero-order chi connectivity index (χ0) is 12.2. The first-order valence-corrected chi connectivity index (χ1v) is 5.38. The van der Waals surface area contributed by atoms with Crippen LogP contribution in [0.5, 0.6) is 0 Å². The molecule has 0 spiro atoms. The van der Waals surface area contributed by atoms with Gasteiger partial charge in [0, 0.05) is 0 Å². The molecule has 0 amide bonds. The van der Waals surface area contributed by atoms with Crippen LogP contribution in [0, 0.1) is 5.41 Å². The van der Waals surface area contributed by atoms with Crippen LogP contribution in [0.4, 0.5) is 0 Å². The Labute approximate surface area is 95.8 Å². The van der Waals surface area contributed by atoms with Gasteiger partial charge in [0.05, 0.1) is 13.2 Å². The van der Waals surface area contributed by atoms with Gasteiger partial charge < -0.3 is 14.9 Å². The number of furan rings is 1. The van der Waals surface area contributed by atoms with E-state index in [0.29, 0.717) is 12.4 Å². The number of ether oxygens (including phenoxy) is 1. The van der Waals surface area contributed by atoms with Gasteiger partial charge in [-0.15, -0.1) is 0 Å². The first-order valence-electron chi connectivity index (χ1n) is 5.38. The minimum absolute atomic E-state index is 0.159. The van der Waals surface area contributed by atoms with Gasteiger partial charge >= 0.3 is 5.97 Å². The number of carbonyl (C=O) groups is 1. The average Bonchev–Trinajstić information content (AvgIpc) is 2.63. The van der Waals surface area contributed by atoms with Crippen LogP contribution >= 0.6 is 0 Å². The topological polar surface area (TPSA) is 65.5 Å². The summed E-state index contributed by atoms with van der Waals surface area (Å²) in [6.45, 7) is 6.98. The number of hydrogen-bond acceptors (Lipinski definition) is 4. The van der Waals surface area contributed by atoms with Gasteiger partial charge in [-0.25, -0.2) is 4.79 Å². The first kappa shape index (κ1) is 12.8. The van der Waals surface area contributed by atoms with E-state index in [9.17, 15) is 4.79 Å². The highest BCUT2D eigenvalue weighted by Crippen LogP contribution is 2.18. The summed E-state index contributed by atoms with van der Waals surface area (Å²) in [5, 5.41) is 0. The SMILES string of the molecule is CC(C)(C)CCOC(=O)c1ccc(CN)o1. The molecule has 1 rings (SSSR count). The Morgan fingerprint density at radius 3 is 2.62 bits per heavy atom. The molecule has 0 saturated heterocycles. The van der Waals surface area contributed by atoms with Crippen LogP contribution in [-0.4, -0.2) is 12.6 Å². The van der Waals surface area contributed by atoms with E-state index in [1.807, 2.05) is 0 Å². The number of hydrogen-bond donors (Lipinski definition) is 1. The zero-order valence-corrected chi connectivity index (χ0v) is 10.1. The molecular formula is C12H19NO3. The minimum Gasteiger partial charge on any atom is -0.460 e. The lowest BCUT2D eigenvalue weighted by atomic mass is 9.93. The number of esters is 1. The maximum atomic E-state index is 11.5. The average molecular weight is 225 g/mol. The third kappa shape index (κ3) is 4.06. The second-order valence-corrected chi connectivity index (χ2v) is 4.92. The van der Waals surface area contributed by atoms with Crippen molar-refractivity contribution < 1.29 is 13.9 Å². The van der Waals surface area contributed by atoms with Crippen LogP contribution in [0.15, 0.2) is 16.5 Å². The highest BCUT2D eigenvalue weighted by atomic mass is 16.5. The second-order valence-electron chi connectivity index (χ2n) is 4.92. The Morgan fingerprint density at radius 1 is 1.44 bits per heavy atom. The lowest BCUT2D eigenvalue weighted by Gasteiger charge is -2.17. The van der Waals surface area contributed by atoms with E-state index >= 15 is 0 Å². The van der Waals surface area contributed by atoms with E-state index in [-0.39, 0.29) is 17.7 Å². The third-order valence-corrected chi connectivity index (χ3v) is 2.15. The van der Waals surface area contributed by atoms with Gasteiger partial charge in [-0.1, -0.05) is 20.8 Å². The molecule has 1 heterocycles. The Balaban J connectivity index is 2.41. The number of rotatable bonds is 4. The Bertz CT molecular complexity index is 349. The van der Waals surface area contributed by atoms with Crippen LogP contribution in [0.1, 0.15) is 43.5 Å². The summed E-state index contributed by atoms with van der Waals surface area (Å²) in [5.74, 6) is 0.376. The van der Waals surface area contributed by atoms with Gasteiger partial charge in [0.25, 0.3) is 0 Å². The molecule has 0 radical (unpaired) electrons. The fourth-order valence-corrected chi connectivity index (χ4v) is 1.12. The standard InChI is InChI=1S/C12H19NO3/c1-12(2,3)6-7-15-11(14)10-5-4-9(8-13)16-10/h4-5H,6-8,13H2,1-3H3. The zero-order valence-electron chi connectivity index (χ0n) is 10.1. The van der Waals surface area contributed by atoms with Crippen LogP contribution in [0.2, 0.25) is 0 Å². The Hall–Kier alpha value is -1.29. The molecule has 0 bridgehead atoms. The molecule has 1 aromatic heterocycles. The van der Waals surface area contributed by atoms with Gasteiger partial charge in [-0.3, -0.25) is 0 Å². The van der Waals surface area contributed by atoms with Gasteiger partial charge in [-0.2, -0.15) is 0 Å². The fourth-order valence-electron chi connectivity index (χ4n) is 1.12. The maximum Gasteiger partial charge on any atom is 0.374 e. The van der Waals surface area contributed by atoms with Crippen LogP contribution in [-0.2, 0) is 11.3 Å². The van der Waals surface area contributed by atoms with Crippen molar-refractivity contribution in [3.05, 3.63) is 23.7 Å². The van der Waals surface area contributed by atoms with Crippen LogP contribution < -0.4 is 5.73 Å². The third-order valence-electron chi connectivity index (χ3n) is 2.15. The molecule has 4 heteroatoms. The van der Waals surface area contributed by atoms with Crippen molar-refractivity contribution in [1.82, 2.24) is 0 Å². The molecular weight excluding hydrogens is 206 g/mol. The summed E-state index contributed by atoms with van der Waals surface area (Å²) < 4.78 is 10.3. The minimum atomic E-state index is -0.427. The molecule has 0 aliphatic rings. The molecule has 0 aliphatic carbocycles. The van der Waals surface area contributed by atoms with Crippen molar-refractivity contribution in [2.24, 2.45) is 11.1 Å². The molecule has 0 saturated carbocycles. The highest BCUT2D eigenvalue weighted by Gasteiger charge is 2.15. The molecule has 0 atom stereocenters. The van der Waals surface area contributed by atoms with E-state index in [4.69, 9.17) is 14.9 Å². The normalized spacial score (nSPS) is 11.5. The molecule has 0 aliphatic heterocycles. The Kier molecular flexibility index (Phi) is 4.12. The summed E-state index contributed by atoms with van der Waals surface area (Å²) >= 11 is 0. The van der Waals surface area contributed by atoms with E-state index in [1.54, 1.807) is 12.1 Å². The molecule has 2 N–H and O–H groups in total. The second kappa shape index (κ2) is 5.16. The van der Waals surface area contributed by atoms with Crippen LogP contribution in [0.25, 0.3) is 0 Å². The molecule has 1 aromatic rings. The van der Waals surface area contributed by atoms with Crippen molar-refractivity contribution in [3.63, 3.8) is 0 Å². The molecule has 90 valence electrons. The maximum absolute atomic E-state index is 11.5. The summed E-state index contributed by atoms with van der Waals surface area (Å²) in [5.41, 5.74) is 5.53. The van der Waals surface area contributed by atoms with Gasteiger partial charge in [0.15, 0.2) is 0 Å². The lowest BCUT2D eigenvalue weighted by molar-refractivity contribution is 0.0427. The van der Waals surface area contributed by atoms with Crippen molar-refractivity contribution in [3.8, 4) is 0 Å². The quantitative estimate of drug-likeness (QED) is 0.799. The lowest BCUT2D eigenvalue weighted by Crippen LogP contribution is -2.12. The molecule has 0 aromatic carbocycles. The summed E-state index contributed by atoms with van der Waals surface area (Å²) in [6.07, 6.45) is 0.823. The highest BCUT2D eigenvalue weighted by molar-refractivity contribution is 5.86. The molecule has 4 nitrogen and oxygen atoms in total. The van der Waals surface area contributed by atoms with E-state index < -0.39 is 5.97 Å². The van der Waals surface area contributed by atoms with Crippen molar-refractivity contribution in [2.75, 3.05) is 6.61 Å². The van der Waals surface area contributed by atoms with E-state index in [1.165, 1.54) is 0 Å². The van der Waals surface area contributed by atoms with Crippen molar-refractivity contribution >= 4 is 5.97 Å². The number of nitrogens with two attached hydrogens (primary N) is 1. The van der Waals surface area contributed by atoms with Crippen LogP contribution in [0.3, 0.4) is 0 Å².